The van der Waals surface area contributed by atoms with E-state index in [9.17, 15) is 9.59 Å². The van der Waals surface area contributed by atoms with E-state index >= 15 is 0 Å². The van der Waals surface area contributed by atoms with Gasteiger partial charge in [0, 0.05) is 5.56 Å². The molecule has 0 saturated carbocycles. The summed E-state index contributed by atoms with van der Waals surface area (Å²) >= 11 is 0. The average Bonchev–Trinajstić information content (AvgIpc) is 2.76. The molecule has 0 aliphatic heterocycles. The number of carbonyl (C=O) groups is 2. The molecule has 0 bridgehead atoms. The van der Waals surface area contributed by atoms with Crippen LogP contribution in [0.3, 0.4) is 0 Å². The monoisotopic (exact) mass is 380 g/mol. The number of hydrogen-bond acceptors (Lipinski definition) is 3. The molecule has 5 rings (SSSR count). The van der Waals surface area contributed by atoms with Crippen LogP contribution in [0, 0.1) is 0 Å². The fraction of sp³-hybridized carbons (Fsp3) is 0.154. The van der Waals surface area contributed by atoms with Crippen molar-refractivity contribution >= 4 is 55.3 Å². The maximum Gasteiger partial charge on any atom is 0.339 e. The van der Waals surface area contributed by atoms with Gasteiger partial charge in [0.05, 0.1) is 11.7 Å². The Kier molecular flexibility index (Phi) is 3.99. The van der Waals surface area contributed by atoms with Crippen molar-refractivity contribution in [1.82, 2.24) is 0 Å². The van der Waals surface area contributed by atoms with Gasteiger partial charge in [0.25, 0.3) is 0 Å². The molecule has 0 aliphatic carbocycles. The molecule has 0 aliphatic rings. The third-order valence-electron chi connectivity index (χ3n) is 5.93. The van der Waals surface area contributed by atoms with Crippen molar-refractivity contribution in [3.05, 3.63) is 71.8 Å². The van der Waals surface area contributed by atoms with Crippen LogP contribution >= 0.6 is 0 Å². The highest BCUT2D eigenvalue weighted by Gasteiger charge is 2.19. The molecular formula is C26H20O3. The third-order valence-corrected chi connectivity index (χ3v) is 5.93. The second-order valence-corrected chi connectivity index (χ2v) is 7.56. The first-order valence-electron chi connectivity index (χ1n) is 9.92. The van der Waals surface area contributed by atoms with Crippen LogP contribution < -0.4 is 0 Å². The molecule has 29 heavy (non-hydrogen) atoms. The fourth-order valence-electron chi connectivity index (χ4n) is 4.34. The molecule has 0 N–H and O–H groups in total. The standard InChI is InChI=1S/C26H20O3/c1-3-15(2)29-26(28)23-13-12-22-18-7-4-6-17-16(14-27)10-11-21(24(17)18)19-8-5-9-20(23)25(19)22/h4-15H,3H2,1-2H3. The van der Waals surface area contributed by atoms with E-state index in [0.717, 1.165) is 55.8 Å². The maximum absolute atomic E-state index is 12.8. The van der Waals surface area contributed by atoms with Gasteiger partial charge in [-0.15, -0.1) is 0 Å². The first-order valence-corrected chi connectivity index (χ1v) is 9.92. The molecule has 1 unspecified atom stereocenters. The fourth-order valence-corrected chi connectivity index (χ4v) is 4.34. The molecule has 5 aromatic carbocycles. The van der Waals surface area contributed by atoms with Crippen LogP contribution in [0.15, 0.2) is 60.7 Å². The molecule has 0 saturated heterocycles. The number of ether oxygens (including phenoxy) is 1. The van der Waals surface area contributed by atoms with E-state index in [1.165, 1.54) is 0 Å². The van der Waals surface area contributed by atoms with Gasteiger partial charge in [-0.2, -0.15) is 0 Å². The molecule has 0 amide bonds. The number of esters is 1. The lowest BCUT2D eigenvalue weighted by Gasteiger charge is -2.17. The van der Waals surface area contributed by atoms with Crippen molar-refractivity contribution in [1.29, 1.82) is 0 Å². The van der Waals surface area contributed by atoms with Crippen molar-refractivity contribution < 1.29 is 14.3 Å². The van der Waals surface area contributed by atoms with Gasteiger partial charge in [-0.1, -0.05) is 61.5 Å². The highest BCUT2D eigenvalue weighted by molar-refractivity contribution is 6.35. The number of aldehydes is 1. The second-order valence-electron chi connectivity index (χ2n) is 7.56. The summed E-state index contributed by atoms with van der Waals surface area (Å²) in [6.07, 6.45) is 1.57. The number of hydrogen-bond donors (Lipinski definition) is 0. The summed E-state index contributed by atoms with van der Waals surface area (Å²) in [5.41, 5.74) is 1.28. The highest BCUT2D eigenvalue weighted by Crippen LogP contribution is 2.41. The van der Waals surface area contributed by atoms with Crippen molar-refractivity contribution in [3.8, 4) is 0 Å². The summed E-state index contributed by atoms with van der Waals surface area (Å²) in [6.45, 7) is 3.91. The number of benzene rings is 5. The Morgan fingerprint density at radius 3 is 2.03 bits per heavy atom. The summed E-state index contributed by atoms with van der Waals surface area (Å²) in [7, 11) is 0. The lowest BCUT2D eigenvalue weighted by atomic mass is 9.87. The van der Waals surface area contributed by atoms with Gasteiger partial charge in [-0.05, 0) is 62.5 Å². The van der Waals surface area contributed by atoms with Crippen LogP contribution in [0.1, 0.15) is 41.0 Å². The van der Waals surface area contributed by atoms with Crippen LogP contribution in [0.5, 0.6) is 0 Å². The molecular weight excluding hydrogens is 360 g/mol. The van der Waals surface area contributed by atoms with Crippen LogP contribution in [-0.4, -0.2) is 18.4 Å². The zero-order valence-electron chi connectivity index (χ0n) is 16.4. The summed E-state index contributed by atoms with van der Waals surface area (Å²) in [4.78, 5) is 24.4. The molecule has 0 radical (unpaired) electrons. The van der Waals surface area contributed by atoms with Gasteiger partial charge in [-0.25, -0.2) is 4.79 Å². The van der Waals surface area contributed by atoms with Gasteiger partial charge in [0.15, 0.2) is 6.29 Å². The van der Waals surface area contributed by atoms with Crippen molar-refractivity contribution in [2.45, 2.75) is 26.4 Å². The van der Waals surface area contributed by atoms with Gasteiger partial charge in [0.1, 0.15) is 0 Å². The number of carbonyl (C=O) groups excluding carboxylic acids is 2. The summed E-state index contributed by atoms with van der Waals surface area (Å²) in [5.74, 6) is -0.289. The molecule has 3 nitrogen and oxygen atoms in total. The molecule has 3 heteroatoms. The summed E-state index contributed by atoms with van der Waals surface area (Å²) in [6, 6.07) is 19.9. The molecule has 0 fully saturated rings. The third kappa shape index (κ3) is 2.51. The van der Waals surface area contributed by atoms with Crippen LogP contribution in [-0.2, 0) is 4.74 Å². The lowest BCUT2D eigenvalue weighted by Crippen LogP contribution is -2.14. The Labute approximate surface area is 168 Å². The number of rotatable bonds is 4. The molecule has 0 aromatic heterocycles. The SMILES string of the molecule is CCC(C)OC(=O)c1ccc2c3cccc4c(C=O)ccc(c5cccc1c52)c43. The zero-order valence-corrected chi connectivity index (χ0v) is 16.4. The Bertz CT molecular complexity index is 1390. The van der Waals surface area contributed by atoms with E-state index in [0.29, 0.717) is 11.1 Å². The average molecular weight is 380 g/mol. The van der Waals surface area contributed by atoms with Crippen molar-refractivity contribution in [2.75, 3.05) is 0 Å². The maximum atomic E-state index is 12.8. The second kappa shape index (κ2) is 6.56. The van der Waals surface area contributed by atoms with Crippen molar-refractivity contribution in [3.63, 3.8) is 0 Å². The van der Waals surface area contributed by atoms with E-state index in [-0.39, 0.29) is 12.1 Å². The molecule has 0 spiro atoms. The Morgan fingerprint density at radius 2 is 1.38 bits per heavy atom. The zero-order chi connectivity index (χ0) is 20.1. The van der Waals surface area contributed by atoms with E-state index < -0.39 is 0 Å². The summed E-state index contributed by atoms with van der Waals surface area (Å²) < 4.78 is 5.60. The van der Waals surface area contributed by atoms with E-state index in [4.69, 9.17) is 4.74 Å². The normalized spacial score (nSPS) is 12.8. The Balaban J connectivity index is 1.92. The molecule has 1 atom stereocenters. The van der Waals surface area contributed by atoms with Gasteiger partial charge in [-0.3, -0.25) is 4.79 Å². The van der Waals surface area contributed by atoms with Gasteiger partial charge in [0.2, 0.25) is 0 Å². The summed E-state index contributed by atoms with van der Waals surface area (Å²) in [5, 5.41) is 8.34. The van der Waals surface area contributed by atoms with Gasteiger partial charge < -0.3 is 4.74 Å². The Morgan fingerprint density at radius 1 is 0.828 bits per heavy atom. The predicted octanol–water partition coefficient (Wildman–Crippen LogP) is 6.51. The van der Waals surface area contributed by atoms with Crippen molar-refractivity contribution in [2.24, 2.45) is 0 Å². The molecule has 142 valence electrons. The number of fused-ring (bicyclic) bond motifs is 2. The smallest absolute Gasteiger partial charge is 0.339 e. The predicted molar refractivity (Wildman–Crippen MR) is 118 cm³/mol. The minimum atomic E-state index is -0.289. The van der Waals surface area contributed by atoms with E-state index in [1.807, 2.05) is 62.4 Å². The first-order chi connectivity index (χ1) is 14.1. The van der Waals surface area contributed by atoms with Crippen LogP contribution in [0.2, 0.25) is 0 Å². The highest BCUT2D eigenvalue weighted by atomic mass is 16.5. The largest absolute Gasteiger partial charge is 0.459 e. The van der Waals surface area contributed by atoms with E-state index in [2.05, 4.69) is 12.1 Å². The lowest BCUT2D eigenvalue weighted by molar-refractivity contribution is 0.0337. The molecule has 0 heterocycles. The minimum absolute atomic E-state index is 0.121. The quantitative estimate of drug-likeness (QED) is 0.155. The minimum Gasteiger partial charge on any atom is -0.459 e. The molecule has 5 aromatic rings. The topological polar surface area (TPSA) is 43.4 Å². The van der Waals surface area contributed by atoms with Crippen LogP contribution in [0.4, 0.5) is 0 Å². The Hall–Kier alpha value is -3.46. The first kappa shape index (κ1) is 17.6. The van der Waals surface area contributed by atoms with E-state index in [1.54, 1.807) is 0 Å². The van der Waals surface area contributed by atoms with Crippen LogP contribution in [0.25, 0.3) is 43.1 Å². The van der Waals surface area contributed by atoms with Gasteiger partial charge >= 0.3 is 5.97 Å².